The number of rotatable bonds is 7. The molecule has 218 valence electrons. The zero-order valence-electron chi connectivity index (χ0n) is 24.2. The molecule has 1 fully saturated rings. The summed E-state index contributed by atoms with van der Waals surface area (Å²) in [6.07, 6.45) is 12.8. The van der Waals surface area contributed by atoms with Crippen LogP contribution in [-0.2, 0) is 0 Å². The number of amides is 1. The summed E-state index contributed by atoms with van der Waals surface area (Å²) in [4.78, 5) is 29.1. The molecule has 0 saturated carbocycles. The average molecular weight is 595 g/mol. The van der Waals surface area contributed by atoms with Gasteiger partial charge in [0, 0.05) is 54.4 Å². The number of carbonyl (C=O) groups excluding carboxylic acids is 1. The Bertz CT molecular complexity index is 1830. The van der Waals surface area contributed by atoms with Crippen LogP contribution in [0.25, 0.3) is 28.0 Å². The number of nitrogens with zero attached hydrogens (tertiary/aromatic N) is 9. The van der Waals surface area contributed by atoms with Crippen LogP contribution in [-0.4, -0.2) is 58.9 Å². The zero-order valence-corrected chi connectivity index (χ0v) is 25.0. The van der Waals surface area contributed by atoms with Gasteiger partial charge in [-0.3, -0.25) is 9.48 Å². The zero-order chi connectivity index (χ0) is 30.1. The van der Waals surface area contributed by atoms with Gasteiger partial charge in [-0.15, -0.1) is 0 Å². The molecule has 5 aromatic heterocycles. The summed E-state index contributed by atoms with van der Waals surface area (Å²) < 4.78 is 3.57. The number of piperidine rings is 1. The molecular weight excluding hydrogens is 564 g/mol. The SMILES string of the molecule is CCC1(NC(=O)c2ncccc2Cl)CCN(c2ccc(-c3nc(-c4cnn(C(C)C)c4)cn4ncc(C#N)c34)cn2)CC1. The van der Waals surface area contributed by atoms with Crippen molar-refractivity contribution in [2.75, 3.05) is 18.0 Å². The Morgan fingerprint density at radius 3 is 2.56 bits per heavy atom. The molecule has 0 aromatic carbocycles. The first-order valence-corrected chi connectivity index (χ1v) is 14.7. The Balaban J connectivity index is 1.23. The first-order chi connectivity index (χ1) is 20.8. The van der Waals surface area contributed by atoms with Gasteiger partial charge in [0.05, 0.1) is 35.0 Å². The highest BCUT2D eigenvalue weighted by molar-refractivity contribution is 6.33. The third kappa shape index (κ3) is 5.42. The Labute approximate surface area is 254 Å². The van der Waals surface area contributed by atoms with Crippen LogP contribution in [0.1, 0.15) is 62.1 Å². The van der Waals surface area contributed by atoms with E-state index < -0.39 is 0 Å². The highest BCUT2D eigenvalue weighted by Gasteiger charge is 2.35. The summed E-state index contributed by atoms with van der Waals surface area (Å²) in [6, 6.07) is 9.79. The molecule has 1 aliphatic heterocycles. The maximum absolute atomic E-state index is 13.0. The van der Waals surface area contributed by atoms with Gasteiger partial charge in [-0.1, -0.05) is 18.5 Å². The van der Waals surface area contributed by atoms with Crippen LogP contribution in [0.3, 0.4) is 0 Å². The van der Waals surface area contributed by atoms with Crippen LogP contribution in [0.15, 0.2) is 61.4 Å². The largest absolute Gasteiger partial charge is 0.356 e. The number of pyridine rings is 2. The van der Waals surface area contributed by atoms with Crippen molar-refractivity contribution in [3.05, 3.63) is 77.7 Å². The summed E-state index contributed by atoms with van der Waals surface area (Å²) in [5, 5.41) is 22.2. The van der Waals surface area contributed by atoms with E-state index >= 15 is 0 Å². The molecule has 1 amide bonds. The molecule has 1 saturated heterocycles. The maximum atomic E-state index is 13.0. The molecule has 1 aliphatic rings. The fourth-order valence-electron chi connectivity index (χ4n) is 5.49. The molecule has 0 aliphatic carbocycles. The third-order valence-electron chi connectivity index (χ3n) is 8.14. The lowest BCUT2D eigenvalue weighted by molar-refractivity contribution is 0.0871. The molecule has 11 nitrogen and oxygen atoms in total. The minimum Gasteiger partial charge on any atom is -0.356 e. The number of aromatic nitrogens is 7. The van der Waals surface area contributed by atoms with Crippen molar-refractivity contribution in [2.24, 2.45) is 0 Å². The van der Waals surface area contributed by atoms with E-state index in [1.165, 1.54) is 0 Å². The van der Waals surface area contributed by atoms with Crippen molar-refractivity contribution in [3.8, 4) is 28.6 Å². The molecular formula is C31H31ClN10O. The van der Waals surface area contributed by atoms with Gasteiger partial charge in [0.15, 0.2) is 0 Å². The van der Waals surface area contributed by atoms with Crippen molar-refractivity contribution < 1.29 is 4.79 Å². The lowest BCUT2D eigenvalue weighted by Crippen LogP contribution is -2.55. The van der Waals surface area contributed by atoms with E-state index in [9.17, 15) is 10.1 Å². The van der Waals surface area contributed by atoms with Crippen LogP contribution in [0.5, 0.6) is 0 Å². The second-order valence-corrected chi connectivity index (χ2v) is 11.5. The number of fused-ring (bicyclic) bond motifs is 1. The normalized spacial score (nSPS) is 14.7. The van der Waals surface area contributed by atoms with Gasteiger partial charge in [-0.25, -0.2) is 19.5 Å². The molecule has 1 N–H and O–H groups in total. The average Bonchev–Trinajstić information content (AvgIpc) is 3.69. The molecule has 0 unspecified atom stereocenters. The number of nitriles is 1. The summed E-state index contributed by atoms with van der Waals surface area (Å²) in [5.41, 5.74) is 3.94. The first kappa shape index (κ1) is 28.3. The van der Waals surface area contributed by atoms with Crippen LogP contribution < -0.4 is 10.2 Å². The van der Waals surface area contributed by atoms with E-state index in [4.69, 9.17) is 21.6 Å². The number of hydrogen-bond acceptors (Lipinski definition) is 8. The van der Waals surface area contributed by atoms with Gasteiger partial charge in [0.2, 0.25) is 0 Å². The quantitative estimate of drug-likeness (QED) is 0.267. The van der Waals surface area contributed by atoms with Crippen LogP contribution >= 0.6 is 11.6 Å². The summed E-state index contributed by atoms with van der Waals surface area (Å²) >= 11 is 6.21. The van der Waals surface area contributed by atoms with Crippen LogP contribution in [0.2, 0.25) is 5.02 Å². The summed E-state index contributed by atoms with van der Waals surface area (Å²) in [6.45, 7) is 7.69. The molecule has 0 atom stereocenters. The minimum atomic E-state index is -0.344. The molecule has 12 heteroatoms. The van der Waals surface area contributed by atoms with Gasteiger partial charge >= 0.3 is 0 Å². The minimum absolute atomic E-state index is 0.219. The fourth-order valence-corrected chi connectivity index (χ4v) is 5.69. The van der Waals surface area contributed by atoms with E-state index in [0.717, 1.165) is 49.3 Å². The molecule has 6 rings (SSSR count). The summed E-state index contributed by atoms with van der Waals surface area (Å²) in [7, 11) is 0. The van der Waals surface area contributed by atoms with E-state index in [1.807, 2.05) is 29.2 Å². The predicted octanol–water partition coefficient (Wildman–Crippen LogP) is 5.33. The van der Waals surface area contributed by atoms with Gasteiger partial charge in [-0.05, 0) is 57.4 Å². The lowest BCUT2D eigenvalue weighted by Gasteiger charge is -2.42. The molecule has 0 spiro atoms. The maximum Gasteiger partial charge on any atom is 0.271 e. The fraction of sp³-hybridized carbons (Fsp3) is 0.323. The van der Waals surface area contributed by atoms with Gasteiger partial charge < -0.3 is 10.2 Å². The molecule has 6 heterocycles. The monoisotopic (exact) mass is 594 g/mol. The number of carbonyl (C=O) groups is 1. The Morgan fingerprint density at radius 1 is 1.09 bits per heavy atom. The van der Waals surface area contributed by atoms with Crippen molar-refractivity contribution >= 4 is 28.8 Å². The van der Waals surface area contributed by atoms with Crippen molar-refractivity contribution in [1.82, 2.24) is 39.7 Å². The van der Waals surface area contributed by atoms with E-state index in [0.29, 0.717) is 27.5 Å². The Morgan fingerprint density at radius 2 is 1.91 bits per heavy atom. The van der Waals surface area contributed by atoms with Crippen molar-refractivity contribution in [1.29, 1.82) is 5.26 Å². The predicted molar refractivity (Wildman–Crippen MR) is 164 cm³/mol. The highest BCUT2D eigenvalue weighted by Crippen LogP contribution is 2.32. The summed E-state index contributed by atoms with van der Waals surface area (Å²) in [5.74, 6) is 0.588. The Kier molecular flexibility index (Phi) is 7.54. The second-order valence-electron chi connectivity index (χ2n) is 11.1. The van der Waals surface area contributed by atoms with Gasteiger partial charge in [-0.2, -0.15) is 15.5 Å². The topological polar surface area (TPSA) is 130 Å². The third-order valence-corrected chi connectivity index (χ3v) is 8.44. The molecule has 0 bridgehead atoms. The second kappa shape index (κ2) is 11.5. The highest BCUT2D eigenvalue weighted by atomic mass is 35.5. The lowest BCUT2D eigenvalue weighted by atomic mass is 9.84. The number of nitrogens with one attached hydrogen (secondary N) is 1. The molecule has 0 radical (unpaired) electrons. The van der Waals surface area contributed by atoms with Crippen LogP contribution in [0, 0.1) is 11.3 Å². The number of halogens is 1. The smallest absolute Gasteiger partial charge is 0.271 e. The molecule has 5 aromatic rings. The molecule has 43 heavy (non-hydrogen) atoms. The number of anilines is 1. The van der Waals surface area contributed by atoms with E-state index in [1.54, 1.807) is 41.4 Å². The van der Waals surface area contributed by atoms with Crippen LogP contribution in [0.4, 0.5) is 5.82 Å². The van der Waals surface area contributed by atoms with E-state index in [-0.39, 0.29) is 23.2 Å². The van der Waals surface area contributed by atoms with Crippen molar-refractivity contribution in [3.63, 3.8) is 0 Å². The van der Waals surface area contributed by atoms with Crippen molar-refractivity contribution in [2.45, 2.75) is 51.6 Å². The Hall–Kier alpha value is -4.82. The first-order valence-electron chi connectivity index (χ1n) is 14.3. The number of hydrogen-bond donors (Lipinski definition) is 1. The van der Waals surface area contributed by atoms with E-state index in [2.05, 4.69) is 52.2 Å². The van der Waals surface area contributed by atoms with Gasteiger partial charge in [0.1, 0.15) is 28.7 Å². The van der Waals surface area contributed by atoms with Gasteiger partial charge in [0.25, 0.3) is 5.91 Å². The standard InChI is InChI=1S/C31H31ClN10O/c1-4-31(39-30(43)28-24(32)6-5-11-34-28)9-12-40(13-10-31)26-8-7-21(15-35-26)27-29-22(14-33)16-37-42(29)19-25(38-27)23-17-36-41(18-23)20(2)3/h5-8,11,15-20H,4,9-10,12-13H2,1-3H3,(H,39,43).